The average molecular weight is 332 g/mol. The van der Waals surface area contributed by atoms with E-state index in [1.165, 1.54) is 29.9 Å². The van der Waals surface area contributed by atoms with Crippen LogP contribution in [0.5, 0.6) is 5.88 Å². The van der Waals surface area contributed by atoms with Crippen molar-refractivity contribution in [1.29, 1.82) is 0 Å². The van der Waals surface area contributed by atoms with Gasteiger partial charge in [-0.15, -0.1) is 5.10 Å². The fourth-order valence-corrected chi connectivity index (χ4v) is 2.14. The predicted molar refractivity (Wildman–Crippen MR) is 78.9 cm³/mol. The fourth-order valence-electron chi connectivity index (χ4n) is 2.14. The second kappa shape index (κ2) is 6.11. The number of aromatic nitrogens is 4. The molecule has 0 bridgehead atoms. The maximum absolute atomic E-state index is 13.0. The third-order valence-corrected chi connectivity index (χ3v) is 3.40. The van der Waals surface area contributed by atoms with Crippen LogP contribution in [0, 0.1) is 12.7 Å². The number of hydrogen-bond acceptors (Lipinski definition) is 6. The Balaban J connectivity index is 1.83. The van der Waals surface area contributed by atoms with E-state index >= 15 is 0 Å². The number of hydrogen-bond donors (Lipinski definition) is 1. The molecule has 0 aliphatic carbocycles. The summed E-state index contributed by atoms with van der Waals surface area (Å²) in [6.07, 6.45) is 1.09. The minimum Gasteiger partial charge on any atom is -0.477 e. The molecule has 0 spiro atoms. The maximum atomic E-state index is 13.0. The molecular weight excluding hydrogens is 319 g/mol. The van der Waals surface area contributed by atoms with Crippen molar-refractivity contribution in [3.8, 4) is 17.3 Å². The summed E-state index contributed by atoms with van der Waals surface area (Å²) in [5.74, 6) is -0.873. The Morgan fingerprint density at radius 2 is 2.25 bits per heavy atom. The Bertz CT molecular complexity index is 886. The van der Waals surface area contributed by atoms with Crippen molar-refractivity contribution >= 4 is 5.97 Å². The highest BCUT2D eigenvalue weighted by molar-refractivity contribution is 5.85. The smallest absolute Gasteiger partial charge is 0.354 e. The molecule has 3 aromatic rings. The van der Waals surface area contributed by atoms with E-state index in [-0.39, 0.29) is 18.2 Å². The molecule has 0 amide bonds. The van der Waals surface area contributed by atoms with Crippen LogP contribution in [0.4, 0.5) is 4.39 Å². The number of ether oxygens (including phenoxy) is 1. The lowest BCUT2D eigenvalue weighted by atomic mass is 10.1. The summed E-state index contributed by atoms with van der Waals surface area (Å²) >= 11 is 0. The third-order valence-electron chi connectivity index (χ3n) is 3.40. The van der Waals surface area contributed by atoms with Gasteiger partial charge in [0.2, 0.25) is 5.88 Å². The van der Waals surface area contributed by atoms with Crippen molar-refractivity contribution in [1.82, 2.24) is 19.9 Å². The Morgan fingerprint density at radius 3 is 2.88 bits per heavy atom. The molecule has 0 aromatic carbocycles. The van der Waals surface area contributed by atoms with Gasteiger partial charge in [0.1, 0.15) is 29.6 Å². The zero-order chi connectivity index (χ0) is 17.3. The van der Waals surface area contributed by atoms with Crippen LogP contribution < -0.4 is 4.74 Å². The predicted octanol–water partition coefficient (Wildman–Crippen LogP) is 2.19. The maximum Gasteiger partial charge on any atom is 0.354 e. The summed E-state index contributed by atoms with van der Waals surface area (Å²) in [6, 6.07) is 4.08. The first-order valence-electron chi connectivity index (χ1n) is 6.93. The van der Waals surface area contributed by atoms with Gasteiger partial charge in [0.25, 0.3) is 0 Å². The molecule has 3 rings (SSSR count). The van der Waals surface area contributed by atoms with Gasteiger partial charge in [-0.05, 0) is 19.1 Å². The molecule has 9 heteroatoms. The van der Waals surface area contributed by atoms with Gasteiger partial charge in [0.05, 0.1) is 17.5 Å². The van der Waals surface area contributed by atoms with Crippen molar-refractivity contribution in [2.45, 2.75) is 13.5 Å². The molecule has 0 fully saturated rings. The zero-order valence-corrected chi connectivity index (χ0v) is 12.9. The molecule has 0 unspecified atom stereocenters. The Morgan fingerprint density at radius 1 is 1.46 bits per heavy atom. The molecule has 0 radical (unpaired) electrons. The van der Waals surface area contributed by atoms with E-state index in [1.54, 1.807) is 6.92 Å². The van der Waals surface area contributed by atoms with Crippen LogP contribution in [0.15, 0.2) is 28.9 Å². The second-order valence-corrected chi connectivity index (χ2v) is 5.01. The monoisotopic (exact) mass is 332 g/mol. The van der Waals surface area contributed by atoms with E-state index in [2.05, 4.69) is 15.2 Å². The number of halogens is 1. The number of nitrogens with zero attached hydrogens (tertiary/aromatic N) is 4. The Hall–Kier alpha value is -3.23. The largest absolute Gasteiger partial charge is 0.477 e. The van der Waals surface area contributed by atoms with Crippen molar-refractivity contribution in [3.63, 3.8) is 0 Å². The summed E-state index contributed by atoms with van der Waals surface area (Å²) in [7, 11) is 1.51. The normalized spacial score (nSPS) is 10.8. The lowest BCUT2D eigenvalue weighted by molar-refractivity contribution is 0.0685. The van der Waals surface area contributed by atoms with Crippen LogP contribution >= 0.6 is 0 Å². The molecule has 3 aromatic heterocycles. The highest BCUT2D eigenvalue weighted by Gasteiger charge is 2.18. The fraction of sp³-hybridized carbons (Fsp3) is 0.200. The molecule has 0 aliphatic heterocycles. The van der Waals surface area contributed by atoms with E-state index in [1.807, 2.05) is 0 Å². The van der Waals surface area contributed by atoms with Gasteiger partial charge in [-0.2, -0.15) is 0 Å². The summed E-state index contributed by atoms with van der Waals surface area (Å²) in [5, 5.41) is 16.9. The summed E-state index contributed by atoms with van der Waals surface area (Å²) in [4.78, 5) is 15.0. The molecule has 124 valence electrons. The number of carbonyl (C=O) groups is 1. The van der Waals surface area contributed by atoms with Gasteiger partial charge in [-0.25, -0.2) is 9.18 Å². The zero-order valence-electron chi connectivity index (χ0n) is 12.9. The van der Waals surface area contributed by atoms with Crippen LogP contribution in [-0.4, -0.2) is 31.0 Å². The summed E-state index contributed by atoms with van der Waals surface area (Å²) in [6.45, 7) is 1.76. The van der Waals surface area contributed by atoms with E-state index in [0.717, 1.165) is 6.20 Å². The lowest BCUT2D eigenvalue weighted by Gasteiger charge is -2.03. The van der Waals surface area contributed by atoms with Crippen molar-refractivity contribution in [2.24, 2.45) is 7.05 Å². The van der Waals surface area contributed by atoms with E-state index < -0.39 is 11.8 Å². The van der Waals surface area contributed by atoms with Gasteiger partial charge in [0.15, 0.2) is 0 Å². The average Bonchev–Trinajstić information content (AvgIpc) is 3.09. The van der Waals surface area contributed by atoms with E-state index in [9.17, 15) is 9.18 Å². The number of carboxylic acid groups (broad SMARTS) is 1. The topological polar surface area (TPSA) is 103 Å². The van der Waals surface area contributed by atoms with Gasteiger partial charge in [-0.1, -0.05) is 5.16 Å². The van der Waals surface area contributed by atoms with Crippen LogP contribution in [0.3, 0.4) is 0 Å². The first kappa shape index (κ1) is 15.7. The van der Waals surface area contributed by atoms with Crippen LogP contribution in [0.1, 0.15) is 21.8 Å². The standard InChI is InChI=1S/C15H13FN4O4/c1-8-10(7-23-13-5-12(15(21)22)20(2)18-13)14(19-24-8)11-4-3-9(16)6-17-11/h3-6H,7H2,1-2H3,(H,21,22). The number of pyridine rings is 1. The van der Waals surface area contributed by atoms with E-state index in [0.29, 0.717) is 22.7 Å². The first-order chi connectivity index (χ1) is 11.5. The van der Waals surface area contributed by atoms with Gasteiger partial charge in [0, 0.05) is 13.1 Å². The number of carboxylic acids is 1. The summed E-state index contributed by atoms with van der Waals surface area (Å²) < 4.78 is 24.9. The Kier molecular flexibility index (Phi) is 3.98. The molecule has 24 heavy (non-hydrogen) atoms. The molecular formula is C15H13FN4O4. The summed E-state index contributed by atoms with van der Waals surface area (Å²) in [5.41, 5.74) is 1.50. The van der Waals surface area contributed by atoms with Crippen LogP contribution in [-0.2, 0) is 13.7 Å². The van der Waals surface area contributed by atoms with Gasteiger partial charge >= 0.3 is 5.97 Å². The quantitative estimate of drug-likeness (QED) is 0.764. The van der Waals surface area contributed by atoms with E-state index in [4.69, 9.17) is 14.4 Å². The second-order valence-electron chi connectivity index (χ2n) is 5.01. The van der Waals surface area contributed by atoms with Gasteiger partial charge < -0.3 is 14.4 Å². The molecule has 0 atom stereocenters. The molecule has 0 saturated carbocycles. The number of aryl methyl sites for hydroxylation is 2. The molecule has 8 nitrogen and oxygen atoms in total. The van der Waals surface area contributed by atoms with Gasteiger partial charge in [-0.3, -0.25) is 9.67 Å². The van der Waals surface area contributed by atoms with Crippen molar-refractivity contribution in [3.05, 3.63) is 47.2 Å². The third kappa shape index (κ3) is 2.96. The highest BCUT2D eigenvalue weighted by Crippen LogP contribution is 2.25. The van der Waals surface area contributed by atoms with Crippen LogP contribution in [0.25, 0.3) is 11.4 Å². The molecule has 0 saturated heterocycles. The number of rotatable bonds is 5. The molecule has 0 aliphatic rings. The highest BCUT2D eigenvalue weighted by atomic mass is 19.1. The van der Waals surface area contributed by atoms with Crippen LogP contribution in [0.2, 0.25) is 0 Å². The minimum atomic E-state index is -1.10. The lowest BCUT2D eigenvalue weighted by Crippen LogP contribution is -2.04. The first-order valence-corrected chi connectivity index (χ1v) is 6.93. The van der Waals surface area contributed by atoms with Crippen molar-refractivity contribution in [2.75, 3.05) is 0 Å². The molecule has 3 heterocycles. The molecule has 1 N–H and O–H groups in total. The Labute approximate surface area is 135 Å². The minimum absolute atomic E-state index is 0.00691. The SMILES string of the molecule is Cc1onc(-c2ccc(F)cn2)c1COc1cc(C(=O)O)n(C)n1. The number of aromatic carboxylic acids is 1. The van der Waals surface area contributed by atoms with Crippen molar-refractivity contribution < 1.29 is 23.6 Å².